The maximum absolute atomic E-state index is 12.4. The van der Waals surface area contributed by atoms with Gasteiger partial charge in [0, 0.05) is 17.3 Å². The minimum Gasteiger partial charge on any atom is -0.465 e. The summed E-state index contributed by atoms with van der Waals surface area (Å²) in [7, 11) is 0. The molecular formula is C15H17ClN2O3. The highest BCUT2D eigenvalue weighted by Gasteiger charge is 2.48. The van der Waals surface area contributed by atoms with Gasteiger partial charge in [0.1, 0.15) is 0 Å². The number of rotatable bonds is 2. The molecule has 21 heavy (non-hydrogen) atoms. The molecule has 1 fully saturated rings. The van der Waals surface area contributed by atoms with E-state index in [1.54, 1.807) is 6.07 Å². The molecule has 1 heterocycles. The lowest BCUT2D eigenvalue weighted by molar-refractivity contribution is -0.122. The summed E-state index contributed by atoms with van der Waals surface area (Å²) in [5.74, 6) is 0.340. The summed E-state index contributed by atoms with van der Waals surface area (Å²) in [6.45, 7) is 0.454. The van der Waals surface area contributed by atoms with E-state index < -0.39 is 11.5 Å². The molecular weight excluding hydrogens is 292 g/mol. The van der Waals surface area contributed by atoms with Crippen LogP contribution in [0.2, 0.25) is 5.02 Å². The van der Waals surface area contributed by atoms with Gasteiger partial charge in [-0.3, -0.25) is 4.79 Å². The van der Waals surface area contributed by atoms with Crippen LogP contribution < -0.4 is 10.6 Å². The predicted octanol–water partition coefficient (Wildman–Crippen LogP) is 2.99. The van der Waals surface area contributed by atoms with E-state index in [0.717, 1.165) is 36.9 Å². The van der Waals surface area contributed by atoms with E-state index in [4.69, 9.17) is 16.7 Å². The lowest BCUT2D eigenvalue weighted by Crippen LogP contribution is -2.40. The van der Waals surface area contributed by atoms with Crippen LogP contribution >= 0.6 is 11.6 Å². The molecule has 0 atom stereocenters. The molecule has 2 aliphatic rings. The lowest BCUT2D eigenvalue weighted by atomic mass is 9.67. The molecule has 112 valence electrons. The molecule has 3 rings (SSSR count). The second-order valence-corrected chi connectivity index (χ2v) is 6.29. The van der Waals surface area contributed by atoms with Gasteiger partial charge in [-0.15, -0.1) is 0 Å². The molecule has 0 aromatic heterocycles. The van der Waals surface area contributed by atoms with E-state index in [1.807, 2.05) is 12.1 Å². The molecule has 1 saturated carbocycles. The Morgan fingerprint density at radius 1 is 1.43 bits per heavy atom. The molecule has 0 saturated heterocycles. The maximum atomic E-state index is 12.4. The zero-order chi connectivity index (χ0) is 15.0. The van der Waals surface area contributed by atoms with Gasteiger partial charge in [0.05, 0.1) is 5.41 Å². The summed E-state index contributed by atoms with van der Waals surface area (Å²) in [4.78, 5) is 23.0. The third-order valence-electron chi connectivity index (χ3n) is 4.68. The van der Waals surface area contributed by atoms with E-state index in [2.05, 4.69) is 10.6 Å². The van der Waals surface area contributed by atoms with Gasteiger partial charge in [-0.2, -0.15) is 0 Å². The van der Waals surface area contributed by atoms with Crippen molar-refractivity contribution >= 4 is 29.3 Å². The van der Waals surface area contributed by atoms with E-state index in [0.29, 0.717) is 17.5 Å². The highest BCUT2D eigenvalue weighted by atomic mass is 35.5. The van der Waals surface area contributed by atoms with Crippen LogP contribution in [0, 0.1) is 5.92 Å². The summed E-state index contributed by atoms with van der Waals surface area (Å²) in [5, 5.41) is 14.7. The molecule has 1 spiro atoms. The molecule has 1 aliphatic heterocycles. The fraction of sp³-hybridized carbons (Fsp3) is 0.467. The minimum absolute atomic E-state index is 0.0458. The number of anilines is 1. The van der Waals surface area contributed by atoms with Crippen LogP contribution in [-0.2, 0) is 10.2 Å². The highest BCUT2D eigenvalue weighted by molar-refractivity contribution is 6.31. The third kappa shape index (κ3) is 2.46. The Morgan fingerprint density at radius 2 is 2.14 bits per heavy atom. The minimum atomic E-state index is -0.994. The van der Waals surface area contributed by atoms with Gasteiger partial charge in [0.15, 0.2) is 0 Å². The van der Waals surface area contributed by atoms with Gasteiger partial charge in [-0.1, -0.05) is 11.6 Å². The van der Waals surface area contributed by atoms with Crippen molar-refractivity contribution < 1.29 is 14.7 Å². The van der Waals surface area contributed by atoms with Crippen molar-refractivity contribution in [3.05, 3.63) is 28.8 Å². The Morgan fingerprint density at radius 3 is 2.81 bits per heavy atom. The molecule has 1 aromatic carbocycles. The predicted molar refractivity (Wildman–Crippen MR) is 79.7 cm³/mol. The second-order valence-electron chi connectivity index (χ2n) is 5.86. The Kier molecular flexibility index (Phi) is 3.53. The Balaban J connectivity index is 1.77. The first-order valence-electron chi connectivity index (χ1n) is 7.09. The van der Waals surface area contributed by atoms with Crippen LogP contribution in [-0.4, -0.2) is 23.7 Å². The molecule has 1 aliphatic carbocycles. The summed E-state index contributed by atoms with van der Waals surface area (Å²) < 4.78 is 0. The van der Waals surface area contributed by atoms with Crippen LogP contribution in [0.3, 0.4) is 0 Å². The van der Waals surface area contributed by atoms with E-state index in [-0.39, 0.29) is 5.91 Å². The normalized spacial score (nSPS) is 27.3. The monoisotopic (exact) mass is 308 g/mol. The largest absolute Gasteiger partial charge is 0.465 e. The van der Waals surface area contributed by atoms with Gasteiger partial charge in [-0.25, -0.2) is 4.79 Å². The standard InChI is InChI=1S/C15H17ClN2O3/c16-10-1-2-12-11(7-10)15(13(19)18-12)5-3-9(4-6-15)8-17-14(20)21/h1-2,7,9,17H,3-6,8H2,(H,18,19)(H,20,21). The number of carbonyl (C=O) groups is 2. The third-order valence-corrected chi connectivity index (χ3v) is 4.92. The van der Waals surface area contributed by atoms with Crippen molar-refractivity contribution in [3.8, 4) is 0 Å². The molecule has 3 N–H and O–H groups in total. The van der Waals surface area contributed by atoms with Crippen LogP contribution in [0.4, 0.5) is 10.5 Å². The van der Waals surface area contributed by atoms with E-state index >= 15 is 0 Å². The topological polar surface area (TPSA) is 78.4 Å². The van der Waals surface area contributed by atoms with Gasteiger partial charge in [0.2, 0.25) is 5.91 Å². The number of carbonyl (C=O) groups excluding carboxylic acids is 1. The number of benzene rings is 1. The van der Waals surface area contributed by atoms with Gasteiger partial charge in [0.25, 0.3) is 0 Å². The summed E-state index contributed by atoms with van der Waals surface area (Å²) in [6.07, 6.45) is 2.14. The molecule has 6 heteroatoms. The lowest BCUT2D eigenvalue weighted by Gasteiger charge is -2.35. The molecule has 1 aromatic rings. The molecule has 0 radical (unpaired) electrons. The number of halogens is 1. The molecule has 5 nitrogen and oxygen atoms in total. The second kappa shape index (κ2) is 5.22. The first-order chi connectivity index (χ1) is 10.0. The van der Waals surface area contributed by atoms with E-state index in [9.17, 15) is 9.59 Å². The molecule has 0 unspecified atom stereocenters. The van der Waals surface area contributed by atoms with Crippen LogP contribution in [0.1, 0.15) is 31.2 Å². The molecule has 0 bridgehead atoms. The number of amides is 2. The summed E-state index contributed by atoms with van der Waals surface area (Å²) in [5.41, 5.74) is 1.36. The number of hydrogen-bond acceptors (Lipinski definition) is 2. The van der Waals surface area contributed by atoms with Crippen molar-refractivity contribution in [1.29, 1.82) is 0 Å². The van der Waals surface area contributed by atoms with Crippen molar-refractivity contribution in [2.45, 2.75) is 31.1 Å². The quantitative estimate of drug-likeness (QED) is 0.786. The van der Waals surface area contributed by atoms with Crippen molar-refractivity contribution in [3.63, 3.8) is 0 Å². The smallest absolute Gasteiger partial charge is 0.404 e. The Hall–Kier alpha value is -1.75. The number of hydrogen-bond donors (Lipinski definition) is 3. The van der Waals surface area contributed by atoms with Crippen LogP contribution in [0.25, 0.3) is 0 Å². The van der Waals surface area contributed by atoms with Crippen molar-refractivity contribution in [2.75, 3.05) is 11.9 Å². The van der Waals surface area contributed by atoms with Crippen LogP contribution in [0.5, 0.6) is 0 Å². The van der Waals surface area contributed by atoms with Gasteiger partial charge < -0.3 is 15.7 Å². The fourth-order valence-electron chi connectivity index (χ4n) is 3.49. The van der Waals surface area contributed by atoms with E-state index in [1.165, 1.54) is 0 Å². The zero-order valence-corrected chi connectivity index (χ0v) is 12.2. The average molecular weight is 309 g/mol. The number of fused-ring (bicyclic) bond motifs is 2. The number of nitrogens with one attached hydrogen (secondary N) is 2. The van der Waals surface area contributed by atoms with Gasteiger partial charge >= 0.3 is 6.09 Å². The highest BCUT2D eigenvalue weighted by Crippen LogP contribution is 2.49. The van der Waals surface area contributed by atoms with Crippen LogP contribution in [0.15, 0.2) is 18.2 Å². The Bertz CT molecular complexity index is 595. The average Bonchev–Trinajstić information content (AvgIpc) is 2.71. The first-order valence-corrected chi connectivity index (χ1v) is 7.47. The van der Waals surface area contributed by atoms with Crippen molar-refractivity contribution in [1.82, 2.24) is 5.32 Å². The Labute approximate surface area is 127 Å². The SMILES string of the molecule is O=C(O)NCC1CCC2(CC1)C(=O)Nc1ccc(Cl)cc12. The summed E-state index contributed by atoms with van der Waals surface area (Å²) >= 11 is 6.07. The summed E-state index contributed by atoms with van der Waals surface area (Å²) in [6, 6.07) is 5.51. The molecule has 2 amide bonds. The fourth-order valence-corrected chi connectivity index (χ4v) is 3.66. The zero-order valence-electron chi connectivity index (χ0n) is 11.5. The number of carboxylic acid groups (broad SMARTS) is 1. The van der Waals surface area contributed by atoms with Gasteiger partial charge in [-0.05, 0) is 55.4 Å². The maximum Gasteiger partial charge on any atom is 0.404 e. The van der Waals surface area contributed by atoms with Crippen molar-refractivity contribution in [2.24, 2.45) is 5.92 Å². The first kappa shape index (κ1) is 14.2.